The molecule has 0 aliphatic carbocycles. The number of carbonyl (C=O) groups is 2. The number of aryl methyl sites for hydroxylation is 2. The van der Waals surface area contributed by atoms with Crippen molar-refractivity contribution < 1.29 is 14.3 Å². The minimum atomic E-state index is -0.340. The fourth-order valence-corrected chi connectivity index (χ4v) is 4.35. The van der Waals surface area contributed by atoms with Crippen LogP contribution in [-0.2, 0) is 27.3 Å². The summed E-state index contributed by atoms with van der Waals surface area (Å²) in [5.41, 5.74) is 5.38. The second-order valence-corrected chi connectivity index (χ2v) is 8.77. The molecule has 30 heavy (non-hydrogen) atoms. The van der Waals surface area contributed by atoms with E-state index >= 15 is 0 Å². The zero-order valence-electron chi connectivity index (χ0n) is 18.2. The quantitative estimate of drug-likeness (QED) is 0.540. The van der Waals surface area contributed by atoms with Crippen LogP contribution in [0.15, 0.2) is 41.4 Å². The number of amides is 1. The molecule has 1 amide bonds. The predicted octanol–water partition coefficient (Wildman–Crippen LogP) is 4.68. The van der Waals surface area contributed by atoms with Gasteiger partial charge in [-0.25, -0.2) is 0 Å². The first-order valence-corrected chi connectivity index (χ1v) is 11.0. The third kappa shape index (κ3) is 5.05. The molecule has 0 aliphatic rings. The summed E-state index contributed by atoms with van der Waals surface area (Å²) in [6.07, 6.45) is 0.228. The van der Waals surface area contributed by atoms with E-state index in [1.165, 1.54) is 22.5 Å². The first-order valence-electron chi connectivity index (χ1n) is 10.2. The molecule has 6 heteroatoms. The number of hydrogen-bond donors (Lipinski definition) is 0. The summed E-state index contributed by atoms with van der Waals surface area (Å²) in [5.74, 6) is -0.179. The largest absolute Gasteiger partial charge is 0.465 e. The van der Waals surface area contributed by atoms with Crippen molar-refractivity contribution in [3.63, 3.8) is 0 Å². The topological polar surface area (TPSA) is 60.7 Å². The Morgan fingerprint density at radius 2 is 1.87 bits per heavy atom. The number of hydrogen-bond acceptors (Lipinski definition) is 4. The van der Waals surface area contributed by atoms with Gasteiger partial charge in [0.05, 0.1) is 23.2 Å². The second-order valence-electron chi connectivity index (χ2n) is 7.76. The van der Waals surface area contributed by atoms with E-state index in [2.05, 4.69) is 31.0 Å². The Morgan fingerprint density at radius 3 is 2.53 bits per heavy atom. The lowest BCUT2D eigenvalue weighted by Crippen LogP contribution is -2.23. The van der Waals surface area contributed by atoms with Crippen LogP contribution in [0, 0.1) is 13.8 Å². The molecule has 0 spiro atoms. The summed E-state index contributed by atoms with van der Waals surface area (Å²) in [7, 11) is 0. The molecule has 5 nitrogen and oxygen atoms in total. The van der Waals surface area contributed by atoms with Crippen LogP contribution >= 0.6 is 11.3 Å². The van der Waals surface area contributed by atoms with Gasteiger partial charge in [-0.1, -0.05) is 49.4 Å². The van der Waals surface area contributed by atoms with E-state index in [0.29, 0.717) is 17.3 Å². The fraction of sp³-hybridized carbons (Fsp3) is 0.375. The molecule has 0 saturated heterocycles. The number of fused-ring (bicyclic) bond motifs is 1. The molecule has 3 aromatic rings. The lowest BCUT2D eigenvalue weighted by molar-refractivity contribution is -0.143. The highest BCUT2D eigenvalue weighted by Gasteiger charge is 2.14. The van der Waals surface area contributed by atoms with Crippen molar-refractivity contribution in [2.24, 2.45) is 4.99 Å². The molecule has 3 rings (SSSR count). The molecule has 0 aliphatic heterocycles. The number of nitrogens with zero attached hydrogens (tertiary/aromatic N) is 2. The van der Waals surface area contributed by atoms with E-state index < -0.39 is 0 Å². The number of rotatable bonds is 6. The SMILES string of the molecule is CCOC(=O)Cn1c(=NC(=O)Cc2ccc(C)c(C)c2)sc2cc(C(C)C)ccc21. The van der Waals surface area contributed by atoms with Crippen LogP contribution in [0.1, 0.15) is 48.9 Å². The number of thiazole rings is 1. The lowest BCUT2D eigenvalue weighted by atomic mass is 10.0. The van der Waals surface area contributed by atoms with Crippen molar-refractivity contribution in [3.05, 3.63) is 63.5 Å². The van der Waals surface area contributed by atoms with Gasteiger partial charge in [0.15, 0.2) is 4.80 Å². The van der Waals surface area contributed by atoms with Crippen LogP contribution in [-0.4, -0.2) is 23.1 Å². The van der Waals surface area contributed by atoms with E-state index in [0.717, 1.165) is 21.3 Å². The van der Waals surface area contributed by atoms with Crippen LogP contribution in [0.25, 0.3) is 10.2 Å². The average molecular weight is 425 g/mol. The van der Waals surface area contributed by atoms with Crippen LogP contribution in [0.4, 0.5) is 0 Å². The van der Waals surface area contributed by atoms with E-state index in [-0.39, 0.29) is 24.8 Å². The standard InChI is InChI=1S/C24H28N2O3S/c1-6-29-23(28)14-26-20-10-9-19(15(2)3)13-21(20)30-24(26)25-22(27)12-18-8-7-16(4)17(5)11-18/h7-11,13,15H,6,12,14H2,1-5H3. The van der Waals surface area contributed by atoms with Crippen LogP contribution in [0.3, 0.4) is 0 Å². The molecular weight excluding hydrogens is 396 g/mol. The van der Waals surface area contributed by atoms with Crippen LogP contribution in [0.2, 0.25) is 0 Å². The molecular formula is C24H28N2O3S. The van der Waals surface area contributed by atoms with Crippen molar-refractivity contribution >= 4 is 33.4 Å². The summed E-state index contributed by atoms with van der Waals surface area (Å²) in [4.78, 5) is 29.8. The first-order chi connectivity index (χ1) is 14.3. The summed E-state index contributed by atoms with van der Waals surface area (Å²) in [5, 5.41) is 0. The van der Waals surface area contributed by atoms with Gasteiger partial charge in [-0.05, 0) is 61.1 Å². The molecule has 0 fully saturated rings. The van der Waals surface area contributed by atoms with Gasteiger partial charge in [-0.3, -0.25) is 9.59 Å². The monoisotopic (exact) mass is 424 g/mol. The molecule has 1 heterocycles. The maximum absolute atomic E-state index is 12.7. The zero-order chi connectivity index (χ0) is 21.8. The minimum Gasteiger partial charge on any atom is -0.465 e. The molecule has 0 bridgehead atoms. The minimum absolute atomic E-state index is 0.0324. The molecule has 0 N–H and O–H groups in total. The highest BCUT2D eigenvalue weighted by molar-refractivity contribution is 7.16. The average Bonchev–Trinajstić information content (AvgIpc) is 3.01. The Labute approximate surface area is 181 Å². The summed E-state index contributed by atoms with van der Waals surface area (Å²) >= 11 is 1.43. The van der Waals surface area contributed by atoms with Crippen molar-refractivity contribution in [2.45, 2.75) is 53.5 Å². The normalized spacial score (nSPS) is 12.0. The predicted molar refractivity (Wildman–Crippen MR) is 121 cm³/mol. The third-order valence-electron chi connectivity index (χ3n) is 5.11. The Hall–Kier alpha value is -2.73. The van der Waals surface area contributed by atoms with Crippen molar-refractivity contribution in [3.8, 4) is 0 Å². The zero-order valence-corrected chi connectivity index (χ0v) is 19.0. The Bertz CT molecular complexity index is 1150. The highest BCUT2D eigenvalue weighted by atomic mass is 32.1. The number of carbonyl (C=O) groups excluding carboxylic acids is 2. The molecule has 158 valence electrons. The van der Waals surface area contributed by atoms with Crippen molar-refractivity contribution in [1.29, 1.82) is 0 Å². The molecule has 1 aromatic heterocycles. The number of benzene rings is 2. The molecule has 2 aromatic carbocycles. The van der Waals surface area contributed by atoms with Crippen LogP contribution < -0.4 is 4.80 Å². The highest BCUT2D eigenvalue weighted by Crippen LogP contribution is 2.23. The Morgan fingerprint density at radius 1 is 1.10 bits per heavy atom. The summed E-state index contributed by atoms with van der Waals surface area (Å²) < 4.78 is 7.91. The van der Waals surface area contributed by atoms with Gasteiger partial charge in [0.2, 0.25) is 0 Å². The van der Waals surface area contributed by atoms with E-state index in [4.69, 9.17) is 4.74 Å². The Balaban J connectivity index is 2.01. The molecule has 0 unspecified atom stereocenters. The van der Waals surface area contributed by atoms with E-state index in [1.807, 2.05) is 38.1 Å². The summed E-state index contributed by atoms with van der Waals surface area (Å²) in [6, 6.07) is 12.2. The first kappa shape index (κ1) is 22.0. The smallest absolute Gasteiger partial charge is 0.326 e. The van der Waals surface area contributed by atoms with Crippen molar-refractivity contribution in [1.82, 2.24) is 4.57 Å². The van der Waals surface area contributed by atoms with Gasteiger partial charge in [0, 0.05) is 0 Å². The molecule has 0 atom stereocenters. The number of ether oxygens (including phenoxy) is 1. The van der Waals surface area contributed by atoms with E-state index in [9.17, 15) is 9.59 Å². The van der Waals surface area contributed by atoms with E-state index in [1.54, 1.807) is 11.5 Å². The maximum Gasteiger partial charge on any atom is 0.326 e. The molecule has 0 radical (unpaired) electrons. The Kier molecular flexibility index (Phi) is 6.87. The van der Waals surface area contributed by atoms with Gasteiger partial charge in [-0.15, -0.1) is 0 Å². The third-order valence-corrected chi connectivity index (χ3v) is 6.15. The summed E-state index contributed by atoms with van der Waals surface area (Å²) in [6.45, 7) is 10.5. The number of aromatic nitrogens is 1. The van der Waals surface area contributed by atoms with Gasteiger partial charge in [-0.2, -0.15) is 4.99 Å². The van der Waals surface area contributed by atoms with Gasteiger partial charge >= 0.3 is 5.97 Å². The van der Waals surface area contributed by atoms with Gasteiger partial charge < -0.3 is 9.30 Å². The second kappa shape index (κ2) is 9.39. The lowest BCUT2D eigenvalue weighted by Gasteiger charge is -2.07. The van der Waals surface area contributed by atoms with Gasteiger partial charge in [0.1, 0.15) is 6.54 Å². The van der Waals surface area contributed by atoms with Crippen molar-refractivity contribution in [2.75, 3.05) is 6.61 Å². The maximum atomic E-state index is 12.7. The van der Waals surface area contributed by atoms with Gasteiger partial charge in [0.25, 0.3) is 5.91 Å². The fourth-order valence-electron chi connectivity index (χ4n) is 3.26. The number of esters is 1. The van der Waals surface area contributed by atoms with Crippen LogP contribution in [0.5, 0.6) is 0 Å². The molecule has 0 saturated carbocycles.